The molecule has 0 aromatic heterocycles. The monoisotopic (exact) mass is 455 g/mol. The van der Waals surface area contributed by atoms with Crippen molar-refractivity contribution in [3.05, 3.63) is 132 Å². The van der Waals surface area contributed by atoms with E-state index >= 15 is 0 Å². The second kappa shape index (κ2) is 10.3. The number of anilines is 3. The molecule has 0 amide bonds. The highest BCUT2D eigenvalue weighted by Crippen LogP contribution is 2.37. The molecule has 0 spiro atoms. The predicted molar refractivity (Wildman–Crippen MR) is 150 cm³/mol. The van der Waals surface area contributed by atoms with E-state index in [-0.39, 0.29) is 0 Å². The number of rotatable bonds is 7. The summed E-state index contributed by atoms with van der Waals surface area (Å²) in [5.74, 6) is 0.836. The smallest absolute Gasteiger partial charge is 0.120 e. The highest BCUT2D eigenvalue weighted by Gasteiger charge is 2.14. The van der Waals surface area contributed by atoms with Crippen molar-refractivity contribution in [2.75, 3.05) is 12.0 Å². The molecule has 0 radical (unpaired) electrons. The van der Waals surface area contributed by atoms with E-state index < -0.39 is 0 Å². The van der Waals surface area contributed by atoms with Gasteiger partial charge in [0.15, 0.2) is 0 Å². The molecular formula is C33H29NO. The van der Waals surface area contributed by atoms with Gasteiger partial charge in [0.1, 0.15) is 5.75 Å². The average molecular weight is 456 g/mol. The van der Waals surface area contributed by atoms with Crippen LogP contribution >= 0.6 is 0 Å². The van der Waals surface area contributed by atoms with Crippen molar-refractivity contribution >= 4 is 39.5 Å². The van der Waals surface area contributed by atoms with Gasteiger partial charge in [-0.1, -0.05) is 91.9 Å². The maximum atomic E-state index is 5.53. The first-order valence-electron chi connectivity index (χ1n) is 12.0. The van der Waals surface area contributed by atoms with Crippen LogP contribution in [0.25, 0.3) is 22.4 Å². The first-order valence-corrected chi connectivity index (χ1v) is 12.0. The molecule has 0 unspecified atom stereocenters. The molecule has 0 bridgehead atoms. The first-order chi connectivity index (χ1) is 17.2. The van der Waals surface area contributed by atoms with Gasteiger partial charge in [0, 0.05) is 23.1 Å². The lowest BCUT2D eigenvalue weighted by Gasteiger charge is -2.26. The minimum Gasteiger partial charge on any atom is -0.497 e. The van der Waals surface area contributed by atoms with Gasteiger partial charge in [-0.25, -0.2) is 0 Å². The van der Waals surface area contributed by atoms with Crippen molar-refractivity contribution in [3.63, 3.8) is 0 Å². The number of methoxy groups -OCH3 is 1. The Bertz CT molecular complexity index is 1450. The Morgan fingerprint density at radius 3 is 2.09 bits per heavy atom. The summed E-state index contributed by atoms with van der Waals surface area (Å²) in [6.07, 6.45) is 3.27. The van der Waals surface area contributed by atoms with Crippen LogP contribution in [0.2, 0.25) is 0 Å². The van der Waals surface area contributed by atoms with E-state index in [1.807, 2.05) is 12.1 Å². The molecule has 5 rings (SSSR count). The van der Waals surface area contributed by atoms with Gasteiger partial charge in [0.25, 0.3) is 0 Å². The maximum absolute atomic E-state index is 5.53. The van der Waals surface area contributed by atoms with Crippen molar-refractivity contribution < 1.29 is 4.74 Å². The summed E-state index contributed by atoms with van der Waals surface area (Å²) in [5.41, 5.74) is 7.06. The van der Waals surface area contributed by atoms with Gasteiger partial charge >= 0.3 is 0 Å². The lowest BCUT2D eigenvalue weighted by Crippen LogP contribution is -2.10. The molecule has 0 saturated heterocycles. The quantitative estimate of drug-likeness (QED) is 0.227. The molecule has 0 saturated carbocycles. The third-order valence-electron chi connectivity index (χ3n) is 6.32. The number of fused-ring (bicyclic) bond motifs is 1. The number of allylic oxidation sites excluding steroid dienone is 1. The number of hydrogen-bond donors (Lipinski definition) is 0. The Morgan fingerprint density at radius 2 is 1.34 bits per heavy atom. The molecule has 2 heteroatoms. The molecule has 172 valence electrons. The van der Waals surface area contributed by atoms with E-state index in [4.69, 9.17) is 4.74 Å². The maximum Gasteiger partial charge on any atom is 0.120 e. The summed E-state index contributed by atoms with van der Waals surface area (Å²) < 4.78 is 5.53. The van der Waals surface area contributed by atoms with E-state index in [0.29, 0.717) is 0 Å². The van der Waals surface area contributed by atoms with E-state index in [9.17, 15) is 0 Å². The fraction of sp³-hybridized carbons (Fsp3) is 0.0909. The minimum atomic E-state index is 0.836. The number of nitrogens with zero attached hydrogens (tertiary/aromatic N) is 1. The van der Waals surface area contributed by atoms with Crippen LogP contribution in [0.5, 0.6) is 5.75 Å². The zero-order valence-corrected chi connectivity index (χ0v) is 20.2. The molecule has 0 aliphatic carbocycles. The van der Waals surface area contributed by atoms with E-state index in [1.165, 1.54) is 27.5 Å². The van der Waals surface area contributed by atoms with Crippen LogP contribution in [0.1, 0.15) is 24.5 Å². The molecule has 0 fully saturated rings. The normalized spacial score (nSPS) is 11.4. The standard InChI is InChI=1S/C33H29NO/c1-3-26(27-10-5-4-6-11-27)22-25-16-19-30(20-17-25)34(31-14-9-15-33(24-31)35-2)32-21-18-28-12-7-8-13-29(28)23-32/h4-24H,3H2,1-2H3. The summed E-state index contributed by atoms with van der Waals surface area (Å²) in [7, 11) is 1.71. The molecule has 0 N–H and O–H groups in total. The fourth-order valence-electron chi connectivity index (χ4n) is 4.48. The van der Waals surface area contributed by atoms with Crippen molar-refractivity contribution in [2.45, 2.75) is 13.3 Å². The summed E-state index contributed by atoms with van der Waals surface area (Å²) in [6.45, 7) is 2.21. The van der Waals surface area contributed by atoms with Crippen LogP contribution < -0.4 is 9.64 Å². The van der Waals surface area contributed by atoms with Crippen LogP contribution in [0.15, 0.2) is 121 Å². The Labute approximate surface area is 207 Å². The van der Waals surface area contributed by atoms with Crippen LogP contribution in [0, 0.1) is 0 Å². The lowest BCUT2D eigenvalue weighted by molar-refractivity contribution is 0.415. The number of benzene rings is 5. The van der Waals surface area contributed by atoms with Gasteiger partial charge in [0.2, 0.25) is 0 Å². The van der Waals surface area contributed by atoms with Crippen LogP contribution in [-0.4, -0.2) is 7.11 Å². The molecule has 5 aromatic carbocycles. The van der Waals surface area contributed by atoms with Gasteiger partial charge in [-0.2, -0.15) is 0 Å². The van der Waals surface area contributed by atoms with E-state index in [0.717, 1.165) is 29.2 Å². The fourth-order valence-corrected chi connectivity index (χ4v) is 4.48. The van der Waals surface area contributed by atoms with Crippen molar-refractivity contribution in [3.8, 4) is 5.75 Å². The third-order valence-corrected chi connectivity index (χ3v) is 6.32. The Kier molecular flexibility index (Phi) is 6.63. The second-order valence-corrected chi connectivity index (χ2v) is 8.55. The molecule has 0 aliphatic rings. The molecule has 5 aromatic rings. The molecular weight excluding hydrogens is 426 g/mol. The average Bonchev–Trinajstić information content (AvgIpc) is 2.93. The first kappa shape index (κ1) is 22.5. The highest BCUT2D eigenvalue weighted by atomic mass is 16.5. The SMILES string of the molecule is CCC(=Cc1ccc(N(c2cccc(OC)c2)c2ccc3ccccc3c2)cc1)c1ccccc1. The molecule has 0 atom stereocenters. The van der Waals surface area contributed by atoms with Crippen molar-refractivity contribution in [2.24, 2.45) is 0 Å². The largest absolute Gasteiger partial charge is 0.497 e. The summed E-state index contributed by atoms with van der Waals surface area (Å²) in [4.78, 5) is 2.28. The molecule has 0 aliphatic heterocycles. The summed E-state index contributed by atoms with van der Waals surface area (Å²) in [6, 6.07) is 42.7. The molecule has 35 heavy (non-hydrogen) atoms. The van der Waals surface area contributed by atoms with Gasteiger partial charge < -0.3 is 9.64 Å². The van der Waals surface area contributed by atoms with Gasteiger partial charge in [-0.3, -0.25) is 0 Å². The van der Waals surface area contributed by atoms with Crippen LogP contribution in [0.3, 0.4) is 0 Å². The van der Waals surface area contributed by atoms with E-state index in [2.05, 4.69) is 127 Å². The zero-order valence-electron chi connectivity index (χ0n) is 20.2. The highest BCUT2D eigenvalue weighted by molar-refractivity contribution is 5.89. The summed E-state index contributed by atoms with van der Waals surface area (Å²) in [5, 5.41) is 2.45. The Morgan fingerprint density at radius 1 is 0.657 bits per heavy atom. The van der Waals surface area contributed by atoms with Gasteiger partial charge in [0.05, 0.1) is 7.11 Å². The summed E-state index contributed by atoms with van der Waals surface area (Å²) >= 11 is 0. The van der Waals surface area contributed by atoms with Crippen molar-refractivity contribution in [1.29, 1.82) is 0 Å². The van der Waals surface area contributed by atoms with Crippen molar-refractivity contribution in [1.82, 2.24) is 0 Å². The number of ether oxygens (including phenoxy) is 1. The molecule has 0 heterocycles. The number of hydrogen-bond acceptors (Lipinski definition) is 2. The minimum absolute atomic E-state index is 0.836. The molecule has 2 nitrogen and oxygen atoms in total. The van der Waals surface area contributed by atoms with Crippen LogP contribution in [0.4, 0.5) is 17.1 Å². The van der Waals surface area contributed by atoms with Gasteiger partial charge in [-0.15, -0.1) is 0 Å². The lowest BCUT2D eigenvalue weighted by atomic mass is 10.0. The zero-order chi connectivity index (χ0) is 24.0. The third kappa shape index (κ3) is 4.97. The Balaban J connectivity index is 1.56. The second-order valence-electron chi connectivity index (χ2n) is 8.55. The topological polar surface area (TPSA) is 12.5 Å². The Hall–Kier alpha value is -4.30. The van der Waals surface area contributed by atoms with Crippen LogP contribution in [-0.2, 0) is 0 Å². The van der Waals surface area contributed by atoms with E-state index in [1.54, 1.807) is 7.11 Å². The predicted octanol–water partition coefficient (Wildman–Crippen LogP) is 9.27. The van der Waals surface area contributed by atoms with Gasteiger partial charge in [-0.05, 0) is 70.3 Å².